The second kappa shape index (κ2) is 5.67. The zero-order valence-electron chi connectivity index (χ0n) is 11.4. The third kappa shape index (κ3) is 3.11. The van der Waals surface area contributed by atoms with Crippen LogP contribution in [0.3, 0.4) is 0 Å². The summed E-state index contributed by atoms with van der Waals surface area (Å²) in [5.74, 6) is 0.781. The number of phenols is 1. The molecule has 0 atom stereocenters. The number of nitrogens with one attached hydrogen (secondary N) is 1. The van der Waals surface area contributed by atoms with Crippen LogP contribution in [0.15, 0.2) is 12.1 Å². The zero-order valence-corrected chi connectivity index (χ0v) is 11.4. The first-order chi connectivity index (χ1) is 9.08. The molecule has 1 saturated carbocycles. The predicted octanol–water partition coefficient (Wildman–Crippen LogP) is 1.41. The number of hydrogen-bond acceptors (Lipinski definition) is 5. The fourth-order valence-corrected chi connectivity index (χ4v) is 2.25. The fourth-order valence-electron chi connectivity index (χ4n) is 2.25. The number of hydrogen-bond donors (Lipinski definition) is 3. The molecule has 1 fully saturated rings. The minimum Gasteiger partial charge on any atom is -0.502 e. The van der Waals surface area contributed by atoms with Crippen LogP contribution in [-0.2, 0) is 6.54 Å². The summed E-state index contributed by atoms with van der Waals surface area (Å²) in [5.41, 5.74) is 0.403. The van der Waals surface area contributed by atoms with Gasteiger partial charge >= 0.3 is 0 Å². The molecule has 1 aliphatic rings. The first-order valence-electron chi connectivity index (χ1n) is 6.45. The zero-order chi connectivity index (χ0) is 13.9. The first-order valence-corrected chi connectivity index (χ1v) is 6.45. The van der Waals surface area contributed by atoms with Gasteiger partial charge in [0.2, 0.25) is 5.75 Å². The van der Waals surface area contributed by atoms with E-state index in [2.05, 4.69) is 5.32 Å². The molecular weight excluding hydrogens is 246 g/mol. The summed E-state index contributed by atoms with van der Waals surface area (Å²) in [6, 6.07) is 3.52. The second-order valence-electron chi connectivity index (χ2n) is 5.03. The van der Waals surface area contributed by atoms with Gasteiger partial charge in [0.15, 0.2) is 11.5 Å². The molecule has 1 aromatic rings. The van der Waals surface area contributed by atoms with E-state index in [1.807, 2.05) is 0 Å². The van der Waals surface area contributed by atoms with E-state index in [4.69, 9.17) is 9.47 Å². The number of rotatable bonds is 6. The summed E-state index contributed by atoms with van der Waals surface area (Å²) in [4.78, 5) is 0. The van der Waals surface area contributed by atoms with Crippen LogP contribution >= 0.6 is 0 Å². The van der Waals surface area contributed by atoms with Gasteiger partial charge in [-0.1, -0.05) is 0 Å². The van der Waals surface area contributed by atoms with Gasteiger partial charge in [0.05, 0.1) is 19.8 Å². The average molecular weight is 267 g/mol. The molecule has 0 aromatic heterocycles. The molecule has 1 aromatic carbocycles. The van der Waals surface area contributed by atoms with Gasteiger partial charge in [-0.15, -0.1) is 0 Å². The normalized spacial score (nSPS) is 16.8. The topological polar surface area (TPSA) is 71.0 Å². The van der Waals surface area contributed by atoms with E-state index in [9.17, 15) is 10.2 Å². The molecule has 5 nitrogen and oxygen atoms in total. The Morgan fingerprint density at radius 1 is 1.21 bits per heavy atom. The Balaban J connectivity index is 1.99. The second-order valence-corrected chi connectivity index (χ2v) is 5.03. The molecule has 0 saturated heterocycles. The van der Waals surface area contributed by atoms with Crippen molar-refractivity contribution in [2.45, 2.75) is 31.4 Å². The summed E-state index contributed by atoms with van der Waals surface area (Å²) in [6.45, 7) is 1.17. The summed E-state index contributed by atoms with van der Waals surface area (Å²) in [7, 11) is 3.01. The summed E-state index contributed by atoms with van der Waals surface area (Å²) < 4.78 is 10.2. The van der Waals surface area contributed by atoms with Crippen LogP contribution < -0.4 is 14.8 Å². The van der Waals surface area contributed by atoms with Gasteiger partial charge in [0.1, 0.15) is 0 Å². The smallest absolute Gasteiger partial charge is 0.200 e. The van der Waals surface area contributed by atoms with Gasteiger partial charge in [-0.2, -0.15) is 0 Å². The van der Waals surface area contributed by atoms with E-state index in [1.54, 1.807) is 12.1 Å². The number of aliphatic hydroxyl groups is 1. The molecule has 19 heavy (non-hydrogen) atoms. The third-order valence-electron chi connectivity index (χ3n) is 3.61. The largest absolute Gasteiger partial charge is 0.502 e. The summed E-state index contributed by atoms with van der Waals surface area (Å²) in [6.07, 6.45) is 2.82. The van der Waals surface area contributed by atoms with E-state index in [0.717, 1.165) is 24.8 Å². The van der Waals surface area contributed by atoms with Crippen LogP contribution in [0.4, 0.5) is 0 Å². The molecular formula is C14H21NO4. The van der Waals surface area contributed by atoms with Gasteiger partial charge in [-0.25, -0.2) is 0 Å². The molecule has 2 rings (SSSR count). The monoisotopic (exact) mass is 267 g/mol. The van der Waals surface area contributed by atoms with Crippen molar-refractivity contribution in [1.29, 1.82) is 0 Å². The van der Waals surface area contributed by atoms with Crippen molar-refractivity contribution in [3.63, 3.8) is 0 Å². The van der Waals surface area contributed by atoms with Gasteiger partial charge in [0, 0.05) is 13.1 Å². The highest BCUT2D eigenvalue weighted by Gasteiger charge is 2.33. The number of benzene rings is 1. The molecule has 0 aliphatic heterocycles. The lowest BCUT2D eigenvalue weighted by Gasteiger charge is -2.36. The third-order valence-corrected chi connectivity index (χ3v) is 3.61. The van der Waals surface area contributed by atoms with Crippen LogP contribution in [0.5, 0.6) is 17.2 Å². The highest BCUT2D eigenvalue weighted by atomic mass is 16.5. The maximum atomic E-state index is 9.98. The van der Waals surface area contributed by atoms with E-state index >= 15 is 0 Å². The van der Waals surface area contributed by atoms with Crippen molar-refractivity contribution in [3.05, 3.63) is 17.7 Å². The summed E-state index contributed by atoms with van der Waals surface area (Å²) in [5, 5.41) is 23.0. The Kier molecular flexibility index (Phi) is 4.17. The van der Waals surface area contributed by atoms with Gasteiger partial charge in [-0.05, 0) is 37.0 Å². The van der Waals surface area contributed by atoms with Crippen molar-refractivity contribution in [2.24, 2.45) is 0 Å². The van der Waals surface area contributed by atoms with E-state index < -0.39 is 5.60 Å². The van der Waals surface area contributed by atoms with Crippen LogP contribution in [0.1, 0.15) is 24.8 Å². The average Bonchev–Trinajstić information content (AvgIpc) is 2.38. The molecule has 0 radical (unpaired) electrons. The van der Waals surface area contributed by atoms with Crippen LogP contribution in [0.25, 0.3) is 0 Å². The molecule has 1 aliphatic carbocycles. The number of aromatic hydroxyl groups is 1. The molecule has 106 valence electrons. The Morgan fingerprint density at radius 2 is 1.79 bits per heavy atom. The van der Waals surface area contributed by atoms with Crippen molar-refractivity contribution in [3.8, 4) is 17.2 Å². The Labute approximate surface area is 113 Å². The Hall–Kier alpha value is -1.46. The first kappa shape index (κ1) is 14.0. The highest BCUT2D eigenvalue weighted by molar-refractivity contribution is 5.52. The number of ether oxygens (including phenoxy) is 2. The molecule has 3 N–H and O–H groups in total. The summed E-state index contributed by atoms with van der Waals surface area (Å²) >= 11 is 0. The minimum atomic E-state index is -0.537. The minimum absolute atomic E-state index is 0.00590. The predicted molar refractivity (Wildman–Crippen MR) is 71.7 cm³/mol. The Bertz CT molecular complexity index is 418. The lowest BCUT2D eigenvalue weighted by molar-refractivity contribution is -0.0314. The van der Waals surface area contributed by atoms with E-state index in [0.29, 0.717) is 24.6 Å². The van der Waals surface area contributed by atoms with Gasteiger partial charge < -0.3 is 25.0 Å². The fraction of sp³-hybridized carbons (Fsp3) is 0.571. The van der Waals surface area contributed by atoms with Gasteiger partial charge in [-0.3, -0.25) is 0 Å². The maximum Gasteiger partial charge on any atom is 0.200 e. The Morgan fingerprint density at radius 3 is 2.21 bits per heavy atom. The van der Waals surface area contributed by atoms with E-state index in [1.165, 1.54) is 14.2 Å². The lowest BCUT2D eigenvalue weighted by atomic mass is 9.80. The van der Waals surface area contributed by atoms with Crippen molar-refractivity contribution in [1.82, 2.24) is 5.32 Å². The SMILES string of the molecule is COc1cc(CNCC2(O)CCC2)cc(OC)c1O. The highest BCUT2D eigenvalue weighted by Crippen LogP contribution is 2.37. The van der Waals surface area contributed by atoms with Crippen LogP contribution in [0, 0.1) is 0 Å². The number of phenolic OH excluding ortho intramolecular Hbond substituents is 1. The molecule has 0 heterocycles. The van der Waals surface area contributed by atoms with Gasteiger partial charge in [0.25, 0.3) is 0 Å². The van der Waals surface area contributed by atoms with E-state index in [-0.39, 0.29) is 5.75 Å². The number of methoxy groups -OCH3 is 2. The molecule has 0 bridgehead atoms. The molecule has 0 unspecified atom stereocenters. The molecule has 5 heteroatoms. The standard InChI is InChI=1S/C14H21NO4/c1-18-11-6-10(7-12(19-2)13(11)16)8-15-9-14(17)4-3-5-14/h6-7,15-17H,3-5,8-9H2,1-2H3. The van der Waals surface area contributed by atoms with Crippen molar-refractivity contribution in [2.75, 3.05) is 20.8 Å². The van der Waals surface area contributed by atoms with Crippen molar-refractivity contribution >= 4 is 0 Å². The van der Waals surface area contributed by atoms with Crippen LogP contribution in [-0.4, -0.2) is 36.6 Å². The van der Waals surface area contributed by atoms with Crippen molar-refractivity contribution < 1.29 is 19.7 Å². The quantitative estimate of drug-likeness (QED) is 0.727. The maximum absolute atomic E-state index is 9.98. The molecule has 0 amide bonds. The lowest BCUT2D eigenvalue weighted by Crippen LogP contribution is -2.45. The molecule has 0 spiro atoms. The van der Waals surface area contributed by atoms with Crippen LogP contribution in [0.2, 0.25) is 0 Å².